The van der Waals surface area contributed by atoms with Crippen molar-refractivity contribution in [1.82, 2.24) is 30.2 Å². The van der Waals surface area contributed by atoms with E-state index in [0.29, 0.717) is 45.1 Å². The average molecular weight is 813 g/mol. The van der Waals surface area contributed by atoms with Gasteiger partial charge < -0.3 is 35.0 Å². The van der Waals surface area contributed by atoms with Crippen molar-refractivity contribution < 1.29 is 38.3 Å². The fourth-order valence-corrected chi connectivity index (χ4v) is 8.98. The Morgan fingerprint density at radius 2 is 1.12 bits per heavy atom. The molecule has 2 N–H and O–H groups in total. The monoisotopic (exact) mass is 812 g/mol. The van der Waals surface area contributed by atoms with E-state index in [1.807, 2.05) is 88.4 Å². The molecular weight excluding hydrogens is 753 g/mol. The van der Waals surface area contributed by atoms with Gasteiger partial charge in [-0.25, -0.2) is 4.79 Å². The van der Waals surface area contributed by atoms with Crippen LogP contribution in [0.15, 0.2) is 60.7 Å². The molecule has 2 aromatic rings. The summed E-state index contributed by atoms with van der Waals surface area (Å²) in [5.74, 6) is -4.02. The summed E-state index contributed by atoms with van der Waals surface area (Å²) in [5, 5.41) is 5.86. The topological polar surface area (TPSA) is 166 Å². The Labute approximate surface area is 347 Å². The number of esters is 1. The van der Waals surface area contributed by atoms with E-state index in [1.165, 1.54) is 26.6 Å². The maximum absolute atomic E-state index is 14.5. The second-order valence-corrected chi connectivity index (χ2v) is 17.3. The van der Waals surface area contributed by atoms with Crippen molar-refractivity contribution >= 4 is 41.4 Å². The number of nitrogens with one attached hydrogen (secondary N) is 2. The molecule has 4 aliphatic rings. The zero-order valence-electron chi connectivity index (χ0n) is 35.0. The SMILES string of the molecule is CC(C)C[C@H]1OC(=O)[C@H](Cc2ccccc2)N(C)C(=O)[C@H]2CCCN2C(=O)[C@H](C(C)C)NC(=O)[C@H](Cc2ccccc2)NC(=O)[C@H]2CCCN2C(=O)[C@H]2CCCN2C1=O. The number of nitrogens with zero attached hydrogens (tertiary/aromatic N) is 4. The first kappa shape index (κ1) is 43.3. The predicted octanol–water partition coefficient (Wildman–Crippen LogP) is 2.87. The van der Waals surface area contributed by atoms with Crippen LogP contribution in [0.3, 0.4) is 0 Å². The highest BCUT2D eigenvalue weighted by Gasteiger charge is 2.47. The molecule has 4 aliphatic heterocycles. The first-order valence-electron chi connectivity index (χ1n) is 21.3. The highest BCUT2D eigenvalue weighted by molar-refractivity contribution is 5.98. The van der Waals surface area contributed by atoms with E-state index < -0.39 is 77.9 Å². The molecular formula is C45H60N6O8. The molecule has 4 saturated heterocycles. The number of rotatable bonds is 7. The number of hydrogen-bond acceptors (Lipinski definition) is 8. The summed E-state index contributed by atoms with van der Waals surface area (Å²) in [5.41, 5.74) is 1.56. The quantitative estimate of drug-likeness (QED) is 0.403. The number of cyclic esters (lactones) is 1. The minimum absolute atomic E-state index is 0.0614. The van der Waals surface area contributed by atoms with Crippen LogP contribution in [-0.4, -0.2) is 130 Å². The third-order valence-electron chi connectivity index (χ3n) is 12.2. The molecule has 59 heavy (non-hydrogen) atoms. The van der Waals surface area contributed by atoms with Gasteiger partial charge in [-0.3, -0.25) is 28.8 Å². The van der Waals surface area contributed by atoms with Crippen LogP contribution in [0, 0.1) is 11.8 Å². The maximum atomic E-state index is 14.5. The third-order valence-corrected chi connectivity index (χ3v) is 12.2. The van der Waals surface area contributed by atoms with Crippen molar-refractivity contribution in [2.24, 2.45) is 11.8 Å². The van der Waals surface area contributed by atoms with Gasteiger partial charge in [-0.1, -0.05) is 88.4 Å². The minimum Gasteiger partial charge on any atom is -0.451 e. The largest absolute Gasteiger partial charge is 0.451 e. The summed E-state index contributed by atoms with van der Waals surface area (Å²) in [4.78, 5) is 107. The number of amides is 6. The van der Waals surface area contributed by atoms with Crippen LogP contribution < -0.4 is 10.6 Å². The summed E-state index contributed by atoms with van der Waals surface area (Å²) >= 11 is 0. The normalized spacial score (nSPS) is 28.0. The Hall–Kier alpha value is -5.27. The molecule has 2 aromatic carbocycles. The zero-order chi connectivity index (χ0) is 42.4. The second-order valence-electron chi connectivity index (χ2n) is 17.3. The molecule has 0 spiro atoms. The molecule has 0 aliphatic carbocycles. The van der Waals surface area contributed by atoms with E-state index in [2.05, 4.69) is 10.6 Å². The lowest BCUT2D eigenvalue weighted by Crippen LogP contribution is -2.60. The highest BCUT2D eigenvalue weighted by atomic mass is 16.6. The summed E-state index contributed by atoms with van der Waals surface area (Å²) < 4.78 is 6.14. The minimum atomic E-state index is -1.23. The molecule has 0 bridgehead atoms. The van der Waals surface area contributed by atoms with Gasteiger partial charge in [-0.2, -0.15) is 0 Å². The maximum Gasteiger partial charge on any atom is 0.329 e. The lowest BCUT2D eigenvalue weighted by atomic mass is 9.99. The first-order valence-corrected chi connectivity index (χ1v) is 21.3. The van der Waals surface area contributed by atoms with Crippen molar-refractivity contribution in [1.29, 1.82) is 0 Å². The van der Waals surface area contributed by atoms with Gasteiger partial charge in [-0.05, 0) is 67.9 Å². The van der Waals surface area contributed by atoms with E-state index >= 15 is 0 Å². The van der Waals surface area contributed by atoms with Crippen molar-refractivity contribution in [2.45, 2.75) is 128 Å². The number of benzene rings is 2. The molecule has 4 fully saturated rings. The van der Waals surface area contributed by atoms with Crippen LogP contribution in [-0.2, 0) is 51.1 Å². The first-order chi connectivity index (χ1) is 28.2. The third kappa shape index (κ3) is 9.96. The number of hydrogen-bond donors (Lipinski definition) is 2. The fraction of sp³-hybridized carbons (Fsp3) is 0.578. The van der Waals surface area contributed by atoms with Gasteiger partial charge in [0.1, 0.15) is 36.3 Å². The molecule has 14 heteroatoms. The lowest BCUT2D eigenvalue weighted by molar-refractivity contribution is -0.169. The van der Waals surface area contributed by atoms with Crippen LogP contribution in [0.4, 0.5) is 0 Å². The Balaban J connectivity index is 1.40. The van der Waals surface area contributed by atoms with Crippen LogP contribution >= 0.6 is 0 Å². The van der Waals surface area contributed by atoms with E-state index in [9.17, 15) is 33.6 Å². The Morgan fingerprint density at radius 1 is 0.610 bits per heavy atom. The zero-order valence-corrected chi connectivity index (χ0v) is 35.0. The summed E-state index contributed by atoms with van der Waals surface area (Å²) in [7, 11) is 1.52. The van der Waals surface area contributed by atoms with E-state index in [-0.39, 0.29) is 50.1 Å². The van der Waals surface area contributed by atoms with Crippen LogP contribution in [0.1, 0.15) is 83.8 Å². The van der Waals surface area contributed by atoms with Gasteiger partial charge in [0.2, 0.25) is 29.5 Å². The number of likely N-dealkylation sites (N-methyl/N-ethyl adjacent to an activating group) is 1. The fourth-order valence-electron chi connectivity index (χ4n) is 8.98. The summed E-state index contributed by atoms with van der Waals surface area (Å²) in [6.07, 6.45) is 1.95. The van der Waals surface area contributed by atoms with Gasteiger partial charge in [0.15, 0.2) is 6.10 Å². The smallest absolute Gasteiger partial charge is 0.329 e. The molecule has 6 rings (SSSR count). The van der Waals surface area contributed by atoms with Crippen molar-refractivity contribution in [2.75, 3.05) is 26.7 Å². The van der Waals surface area contributed by atoms with Crippen molar-refractivity contribution in [3.8, 4) is 0 Å². The molecule has 0 unspecified atom stereocenters. The number of ether oxygens (including phenoxy) is 1. The molecule has 0 saturated carbocycles. The molecule has 0 radical (unpaired) electrons. The molecule has 0 aromatic heterocycles. The Kier molecular flexibility index (Phi) is 14.1. The standard InChI is InChI=1S/C45H60N6O8/c1-28(2)25-37-43(56)50-23-14-21-35(50)42(55)49-22-12-19-33(49)40(53)46-32(26-30-15-8-6-9-16-30)39(52)47-38(29(3)4)44(57)51-24-13-20-34(51)41(54)48(5)36(45(58)59-37)27-31-17-10-7-11-18-31/h6-11,15-18,28-29,32-38H,12-14,19-27H2,1-5H3,(H,46,53)(H,47,52)/t32-,33+,34+,35+,36-,37+,38-/m0/s1. The van der Waals surface area contributed by atoms with Gasteiger partial charge in [-0.15, -0.1) is 0 Å². The average Bonchev–Trinajstić information content (AvgIpc) is 4.02. The van der Waals surface area contributed by atoms with E-state index in [1.54, 1.807) is 0 Å². The molecule has 6 amide bonds. The molecule has 318 valence electrons. The Morgan fingerprint density at radius 3 is 1.68 bits per heavy atom. The van der Waals surface area contributed by atoms with Crippen LogP contribution in [0.25, 0.3) is 0 Å². The van der Waals surface area contributed by atoms with Gasteiger partial charge in [0.05, 0.1) is 0 Å². The van der Waals surface area contributed by atoms with Crippen molar-refractivity contribution in [3.63, 3.8) is 0 Å². The van der Waals surface area contributed by atoms with E-state index in [0.717, 1.165) is 11.1 Å². The highest BCUT2D eigenvalue weighted by Crippen LogP contribution is 2.29. The molecule has 4 heterocycles. The number of fused-ring (bicyclic) bond motifs is 3. The van der Waals surface area contributed by atoms with Gasteiger partial charge in [0.25, 0.3) is 5.91 Å². The number of carbonyl (C=O) groups is 7. The number of carbonyl (C=O) groups excluding carboxylic acids is 7. The summed E-state index contributed by atoms with van der Waals surface area (Å²) in [6, 6.07) is 12.5. The lowest BCUT2D eigenvalue weighted by Gasteiger charge is -2.35. The Bertz CT molecular complexity index is 1860. The van der Waals surface area contributed by atoms with Gasteiger partial charge in [0, 0.05) is 39.5 Å². The van der Waals surface area contributed by atoms with Crippen LogP contribution in [0.5, 0.6) is 0 Å². The summed E-state index contributed by atoms with van der Waals surface area (Å²) in [6.45, 7) is 8.30. The van der Waals surface area contributed by atoms with Crippen LogP contribution in [0.2, 0.25) is 0 Å². The van der Waals surface area contributed by atoms with E-state index in [4.69, 9.17) is 4.74 Å². The second kappa shape index (κ2) is 19.2. The molecule has 14 nitrogen and oxygen atoms in total. The van der Waals surface area contributed by atoms with Crippen molar-refractivity contribution in [3.05, 3.63) is 71.8 Å². The molecule has 7 atom stereocenters. The predicted molar refractivity (Wildman–Crippen MR) is 219 cm³/mol. The van der Waals surface area contributed by atoms with Gasteiger partial charge >= 0.3 is 5.97 Å².